The van der Waals surface area contributed by atoms with Gasteiger partial charge in [-0.05, 0) is 31.9 Å². The maximum atomic E-state index is 9.54. The number of aromatic hydroxyl groups is 1. The van der Waals surface area contributed by atoms with Gasteiger partial charge in [0.1, 0.15) is 5.75 Å². The number of anilines is 2. The van der Waals surface area contributed by atoms with Crippen LogP contribution in [0, 0.1) is 0 Å². The van der Waals surface area contributed by atoms with E-state index >= 15 is 0 Å². The van der Waals surface area contributed by atoms with E-state index in [-0.39, 0.29) is 0 Å². The summed E-state index contributed by atoms with van der Waals surface area (Å²) in [5.74, 6) is 0.353. The standard InChI is InChI=1S/C12H16N2O/c1-2-14-11-7-9(15)3-4-10(11)13-8-12(14)5-6-12/h3-4,7,13,15H,2,5-6,8H2,1H3. The van der Waals surface area contributed by atoms with Crippen LogP contribution in [0.25, 0.3) is 0 Å². The third-order valence-corrected chi connectivity index (χ3v) is 3.60. The van der Waals surface area contributed by atoms with Crippen LogP contribution in [0.15, 0.2) is 18.2 Å². The van der Waals surface area contributed by atoms with Gasteiger partial charge in [-0.25, -0.2) is 0 Å². The zero-order valence-electron chi connectivity index (χ0n) is 8.95. The summed E-state index contributed by atoms with van der Waals surface area (Å²) in [6.45, 7) is 4.23. The predicted molar refractivity (Wildman–Crippen MR) is 61.6 cm³/mol. The molecule has 1 aliphatic heterocycles. The number of likely N-dealkylation sites (N-methyl/N-ethyl adjacent to an activating group) is 1. The first-order chi connectivity index (χ1) is 7.25. The topological polar surface area (TPSA) is 35.5 Å². The second kappa shape index (κ2) is 2.81. The van der Waals surface area contributed by atoms with Crippen molar-refractivity contribution < 1.29 is 5.11 Å². The maximum absolute atomic E-state index is 9.54. The number of fused-ring (bicyclic) bond motifs is 1. The Morgan fingerprint density at radius 1 is 1.47 bits per heavy atom. The van der Waals surface area contributed by atoms with Crippen LogP contribution < -0.4 is 10.2 Å². The summed E-state index contributed by atoms with van der Waals surface area (Å²) in [4.78, 5) is 2.43. The smallest absolute Gasteiger partial charge is 0.117 e. The highest BCUT2D eigenvalue weighted by Gasteiger charge is 2.49. The summed E-state index contributed by atoms with van der Waals surface area (Å²) < 4.78 is 0. The molecule has 2 N–H and O–H groups in total. The zero-order chi connectivity index (χ0) is 10.5. The minimum Gasteiger partial charge on any atom is -0.508 e. The summed E-state index contributed by atoms with van der Waals surface area (Å²) in [6, 6.07) is 5.57. The molecule has 1 aromatic rings. The van der Waals surface area contributed by atoms with E-state index in [1.54, 1.807) is 6.07 Å². The molecular formula is C12H16N2O. The predicted octanol–water partition coefficient (Wildman–Crippen LogP) is 2.18. The number of rotatable bonds is 1. The number of phenolic OH excluding ortho intramolecular Hbond substituents is 1. The minimum absolute atomic E-state index is 0.343. The van der Waals surface area contributed by atoms with E-state index in [0.29, 0.717) is 11.3 Å². The van der Waals surface area contributed by atoms with Crippen LogP contribution in [-0.4, -0.2) is 23.7 Å². The second-order valence-electron chi connectivity index (χ2n) is 4.52. The van der Waals surface area contributed by atoms with Crippen LogP contribution >= 0.6 is 0 Å². The Hall–Kier alpha value is -1.38. The summed E-state index contributed by atoms with van der Waals surface area (Å²) in [6.07, 6.45) is 2.53. The highest BCUT2D eigenvalue weighted by atomic mass is 16.3. The molecule has 3 rings (SSSR count). The number of nitrogens with one attached hydrogen (secondary N) is 1. The molecule has 1 fully saturated rings. The van der Waals surface area contributed by atoms with Gasteiger partial charge in [0.25, 0.3) is 0 Å². The van der Waals surface area contributed by atoms with Crippen molar-refractivity contribution in [3.63, 3.8) is 0 Å². The Morgan fingerprint density at radius 2 is 2.27 bits per heavy atom. The van der Waals surface area contributed by atoms with Crippen LogP contribution in [-0.2, 0) is 0 Å². The number of phenols is 1. The van der Waals surface area contributed by atoms with E-state index in [9.17, 15) is 5.11 Å². The molecule has 0 radical (unpaired) electrons. The number of benzene rings is 1. The second-order valence-corrected chi connectivity index (χ2v) is 4.52. The van der Waals surface area contributed by atoms with Crippen molar-refractivity contribution in [1.29, 1.82) is 0 Å². The van der Waals surface area contributed by atoms with E-state index in [1.807, 2.05) is 12.1 Å². The fourth-order valence-corrected chi connectivity index (χ4v) is 2.60. The van der Waals surface area contributed by atoms with Gasteiger partial charge < -0.3 is 15.3 Å². The lowest BCUT2D eigenvalue weighted by molar-refractivity contribution is 0.474. The number of nitrogens with zero attached hydrogens (tertiary/aromatic N) is 1. The van der Waals surface area contributed by atoms with E-state index in [1.165, 1.54) is 12.8 Å². The fraction of sp³-hybridized carbons (Fsp3) is 0.500. The van der Waals surface area contributed by atoms with Crippen molar-refractivity contribution in [3.8, 4) is 5.75 Å². The first kappa shape index (κ1) is 8.89. The first-order valence-electron chi connectivity index (χ1n) is 5.60. The van der Waals surface area contributed by atoms with Gasteiger partial charge in [0.2, 0.25) is 0 Å². The Labute approximate surface area is 89.7 Å². The van der Waals surface area contributed by atoms with Crippen LogP contribution in [0.2, 0.25) is 0 Å². The van der Waals surface area contributed by atoms with Crippen LogP contribution in [0.5, 0.6) is 5.75 Å². The third-order valence-electron chi connectivity index (χ3n) is 3.60. The number of hydrogen-bond acceptors (Lipinski definition) is 3. The Kier molecular flexibility index (Phi) is 1.67. The molecule has 1 aliphatic carbocycles. The van der Waals surface area contributed by atoms with E-state index in [2.05, 4.69) is 17.1 Å². The molecule has 0 bridgehead atoms. The molecule has 3 heteroatoms. The summed E-state index contributed by atoms with van der Waals surface area (Å²) in [5, 5.41) is 13.0. The Balaban J connectivity index is 2.08. The van der Waals surface area contributed by atoms with Crippen molar-refractivity contribution in [1.82, 2.24) is 0 Å². The van der Waals surface area contributed by atoms with Gasteiger partial charge in [0.05, 0.1) is 16.9 Å². The van der Waals surface area contributed by atoms with E-state index < -0.39 is 0 Å². The minimum atomic E-state index is 0.343. The Morgan fingerprint density at radius 3 is 2.93 bits per heavy atom. The van der Waals surface area contributed by atoms with Crippen LogP contribution in [0.3, 0.4) is 0 Å². The molecule has 0 saturated heterocycles. The molecule has 2 aliphatic rings. The molecule has 1 aromatic carbocycles. The van der Waals surface area contributed by atoms with E-state index in [0.717, 1.165) is 24.5 Å². The van der Waals surface area contributed by atoms with Gasteiger partial charge in [-0.3, -0.25) is 0 Å². The molecular weight excluding hydrogens is 188 g/mol. The van der Waals surface area contributed by atoms with Crippen molar-refractivity contribution in [2.75, 3.05) is 23.3 Å². The largest absolute Gasteiger partial charge is 0.508 e. The third kappa shape index (κ3) is 1.19. The molecule has 1 saturated carbocycles. The molecule has 0 unspecified atom stereocenters. The van der Waals surface area contributed by atoms with Crippen LogP contribution in [0.4, 0.5) is 11.4 Å². The van der Waals surface area contributed by atoms with Crippen molar-refractivity contribution >= 4 is 11.4 Å². The van der Waals surface area contributed by atoms with Gasteiger partial charge >= 0.3 is 0 Å². The number of hydrogen-bond donors (Lipinski definition) is 2. The maximum Gasteiger partial charge on any atom is 0.117 e. The molecule has 1 heterocycles. The van der Waals surface area contributed by atoms with Crippen molar-refractivity contribution in [2.45, 2.75) is 25.3 Å². The highest BCUT2D eigenvalue weighted by molar-refractivity contribution is 5.76. The summed E-state index contributed by atoms with van der Waals surface area (Å²) >= 11 is 0. The molecule has 15 heavy (non-hydrogen) atoms. The lowest BCUT2D eigenvalue weighted by Crippen LogP contribution is -2.46. The quantitative estimate of drug-likeness (QED) is 0.688. The molecule has 3 nitrogen and oxygen atoms in total. The van der Waals surface area contributed by atoms with Gasteiger partial charge in [-0.2, -0.15) is 0 Å². The zero-order valence-corrected chi connectivity index (χ0v) is 8.95. The first-order valence-corrected chi connectivity index (χ1v) is 5.60. The molecule has 0 atom stereocenters. The molecule has 1 spiro atoms. The van der Waals surface area contributed by atoms with Gasteiger partial charge in [0, 0.05) is 19.2 Å². The average molecular weight is 204 g/mol. The summed E-state index contributed by atoms with van der Waals surface area (Å²) in [5.41, 5.74) is 2.64. The van der Waals surface area contributed by atoms with Crippen LogP contribution in [0.1, 0.15) is 19.8 Å². The van der Waals surface area contributed by atoms with Crippen molar-refractivity contribution in [3.05, 3.63) is 18.2 Å². The summed E-state index contributed by atoms with van der Waals surface area (Å²) in [7, 11) is 0. The average Bonchev–Trinajstić information content (AvgIpc) is 2.98. The SMILES string of the molecule is CCN1c2cc(O)ccc2NCC12CC2. The normalized spacial score (nSPS) is 21.0. The Bertz CT molecular complexity index is 399. The fourth-order valence-electron chi connectivity index (χ4n) is 2.60. The van der Waals surface area contributed by atoms with Gasteiger partial charge in [-0.15, -0.1) is 0 Å². The monoisotopic (exact) mass is 204 g/mol. The van der Waals surface area contributed by atoms with Gasteiger partial charge in [0.15, 0.2) is 0 Å². The van der Waals surface area contributed by atoms with E-state index in [4.69, 9.17) is 0 Å². The lowest BCUT2D eigenvalue weighted by atomic mass is 10.1. The molecule has 0 amide bonds. The van der Waals surface area contributed by atoms with Crippen molar-refractivity contribution in [2.24, 2.45) is 0 Å². The molecule has 0 aromatic heterocycles. The highest BCUT2D eigenvalue weighted by Crippen LogP contribution is 2.49. The molecule has 80 valence electrons. The lowest BCUT2D eigenvalue weighted by Gasteiger charge is -2.39. The van der Waals surface area contributed by atoms with Gasteiger partial charge in [-0.1, -0.05) is 0 Å².